The van der Waals surface area contributed by atoms with Gasteiger partial charge in [0.1, 0.15) is 0 Å². The molecule has 14 heteroatoms. The van der Waals surface area contributed by atoms with Gasteiger partial charge in [0.2, 0.25) is 0 Å². The minimum Gasteiger partial charge on any atom is -0.872 e. The second-order valence-electron chi connectivity index (χ2n) is 9.42. The number of allylic oxidation sites excluding steroid dienone is 1. The van der Waals surface area contributed by atoms with E-state index in [1.54, 1.807) is 49.1 Å². The number of carbonyl (C=O) groups excluding carboxylic acids is 1. The Morgan fingerprint density at radius 3 is 1.16 bits per heavy atom. The van der Waals surface area contributed by atoms with Crippen LogP contribution in [0.15, 0.2) is 158 Å². The molecule has 0 saturated heterocycles. The second-order valence-corrected chi connectivity index (χ2v) is 11.3. The first-order chi connectivity index (χ1) is 22.7. The Hall–Kier alpha value is -5.12. The molecule has 0 saturated carbocycles. The first-order valence-electron chi connectivity index (χ1n) is 13.9. The average molecular weight is 782 g/mol. The molecule has 254 valence electrons. The monoisotopic (exact) mass is 782 g/mol. The van der Waals surface area contributed by atoms with Gasteiger partial charge in [-0.25, -0.2) is 0 Å². The molecule has 6 nitrogen and oxygen atoms in total. The SMILES string of the molecule is F[P-](F)(F)(F)(F)F.O=C(/C=C/c1ccccc1)c1ccccc1[O-].[Ru+2].c1ccc(-c2ccccn2)nc1.c1ccc(-c2ccccn2)nc1. The van der Waals surface area contributed by atoms with Gasteiger partial charge in [-0.15, -0.1) is 0 Å². The minimum atomic E-state index is -10.7. The molecule has 49 heavy (non-hydrogen) atoms. The molecule has 0 unspecified atom stereocenters. The number of halogens is 6. The molecule has 6 aromatic rings. The van der Waals surface area contributed by atoms with E-state index in [9.17, 15) is 35.1 Å². The smallest absolute Gasteiger partial charge is 0.872 e. The molecule has 4 aromatic heterocycles. The number of hydrogen-bond acceptors (Lipinski definition) is 6. The number of aromatic nitrogens is 4. The van der Waals surface area contributed by atoms with Crippen LogP contribution >= 0.6 is 7.81 Å². The number of rotatable bonds is 5. The van der Waals surface area contributed by atoms with Crippen LogP contribution in [0.1, 0.15) is 15.9 Å². The topological polar surface area (TPSA) is 91.7 Å². The Morgan fingerprint density at radius 1 is 0.510 bits per heavy atom. The van der Waals surface area contributed by atoms with Crippen LogP contribution in [-0.2, 0) is 19.5 Å². The predicted molar refractivity (Wildman–Crippen MR) is 174 cm³/mol. The van der Waals surface area contributed by atoms with E-state index in [1.807, 2.05) is 103 Å². The van der Waals surface area contributed by atoms with E-state index in [-0.39, 0.29) is 36.6 Å². The molecule has 0 spiro atoms. The summed E-state index contributed by atoms with van der Waals surface area (Å²) in [4.78, 5) is 28.5. The van der Waals surface area contributed by atoms with E-state index >= 15 is 0 Å². The summed E-state index contributed by atoms with van der Waals surface area (Å²) >= 11 is 0. The van der Waals surface area contributed by atoms with Gasteiger partial charge in [-0.3, -0.25) is 24.7 Å². The van der Waals surface area contributed by atoms with E-state index in [1.165, 1.54) is 12.1 Å². The van der Waals surface area contributed by atoms with Gasteiger partial charge in [0.15, 0.2) is 5.78 Å². The van der Waals surface area contributed by atoms with Crippen molar-refractivity contribution in [2.24, 2.45) is 0 Å². The van der Waals surface area contributed by atoms with E-state index in [0.717, 1.165) is 28.3 Å². The molecule has 2 aromatic carbocycles. The Labute approximate surface area is 291 Å². The van der Waals surface area contributed by atoms with Crippen LogP contribution in [0.4, 0.5) is 25.2 Å². The van der Waals surface area contributed by atoms with Gasteiger partial charge < -0.3 is 5.11 Å². The van der Waals surface area contributed by atoms with Crippen molar-refractivity contribution in [3.63, 3.8) is 0 Å². The van der Waals surface area contributed by atoms with Crippen molar-refractivity contribution in [3.8, 4) is 28.5 Å². The number of hydrogen-bond donors (Lipinski definition) is 0. The molecule has 0 atom stereocenters. The van der Waals surface area contributed by atoms with Crippen molar-refractivity contribution in [1.82, 2.24) is 19.9 Å². The van der Waals surface area contributed by atoms with Crippen molar-refractivity contribution >= 4 is 19.7 Å². The van der Waals surface area contributed by atoms with Crippen molar-refractivity contribution in [3.05, 3.63) is 169 Å². The largest absolute Gasteiger partial charge is 2.00 e. The molecule has 6 rings (SSSR count). The second kappa shape index (κ2) is 17.9. The summed E-state index contributed by atoms with van der Waals surface area (Å²) in [5.41, 5.74) is 4.80. The van der Waals surface area contributed by atoms with Gasteiger partial charge in [-0.2, -0.15) is 0 Å². The van der Waals surface area contributed by atoms with E-state index in [2.05, 4.69) is 19.9 Å². The molecule has 0 fully saturated rings. The minimum absolute atomic E-state index is 0. The molecule has 0 amide bonds. The summed E-state index contributed by atoms with van der Waals surface area (Å²) in [5.74, 6) is -0.505. The van der Waals surface area contributed by atoms with Crippen LogP contribution in [0.25, 0.3) is 28.9 Å². The van der Waals surface area contributed by atoms with Crippen LogP contribution in [0.3, 0.4) is 0 Å². The third-order valence-electron chi connectivity index (χ3n) is 5.56. The van der Waals surface area contributed by atoms with Gasteiger partial charge in [0.05, 0.1) is 22.8 Å². The third-order valence-corrected chi connectivity index (χ3v) is 5.56. The van der Waals surface area contributed by atoms with Crippen molar-refractivity contribution < 1.29 is 54.6 Å². The average Bonchev–Trinajstić information content (AvgIpc) is 3.09. The maximum absolute atomic E-state index is 11.8. The van der Waals surface area contributed by atoms with Gasteiger partial charge in [-0.05, 0) is 60.2 Å². The molecule has 0 aliphatic rings. The fourth-order valence-corrected chi connectivity index (χ4v) is 3.55. The number of pyridine rings is 4. The number of nitrogens with zero attached hydrogens (tertiary/aromatic N) is 4. The predicted octanol–water partition coefficient (Wildman–Crippen LogP) is 10.3. The molecule has 0 bridgehead atoms. The Kier molecular flexibility index (Phi) is 14.6. The van der Waals surface area contributed by atoms with Crippen molar-refractivity contribution in [2.45, 2.75) is 0 Å². The first kappa shape index (κ1) is 40.1. The van der Waals surface area contributed by atoms with E-state index in [4.69, 9.17) is 0 Å². The van der Waals surface area contributed by atoms with Crippen LogP contribution in [0.5, 0.6) is 5.75 Å². The number of carbonyl (C=O) groups is 1. The van der Waals surface area contributed by atoms with Crippen molar-refractivity contribution in [2.75, 3.05) is 0 Å². The van der Waals surface area contributed by atoms with E-state index in [0.29, 0.717) is 0 Å². The molecule has 0 aliphatic carbocycles. The van der Waals surface area contributed by atoms with Crippen LogP contribution in [0, 0.1) is 0 Å². The number of benzene rings is 2. The summed E-state index contributed by atoms with van der Waals surface area (Å²) in [6.07, 6.45) is 10.2. The summed E-state index contributed by atoms with van der Waals surface area (Å²) in [7, 11) is -10.7. The molecule has 0 radical (unpaired) electrons. The van der Waals surface area contributed by atoms with Gasteiger partial charge in [0.25, 0.3) is 0 Å². The molecule has 0 N–H and O–H groups in total. The summed E-state index contributed by atoms with van der Waals surface area (Å²) in [6, 6.07) is 38.9. The molecular weight excluding hydrogens is 754 g/mol. The zero-order valence-electron chi connectivity index (χ0n) is 25.3. The third kappa shape index (κ3) is 18.1. The Morgan fingerprint density at radius 2 is 0.837 bits per heavy atom. The number of ketones is 1. The van der Waals surface area contributed by atoms with Gasteiger partial charge in [-0.1, -0.05) is 90.7 Å². The number of para-hydroxylation sites is 1. The zero-order valence-corrected chi connectivity index (χ0v) is 27.9. The normalized spacial score (nSPS) is 11.7. The molecular formula is C35H27F6N4O2PRu. The Bertz CT molecular complexity index is 1720. The summed E-state index contributed by atoms with van der Waals surface area (Å²) in [5, 5.41) is 11.4. The first-order valence-corrected chi connectivity index (χ1v) is 15.9. The fraction of sp³-hybridized carbons (Fsp3) is 0. The quantitative estimate of drug-likeness (QED) is 0.0569. The van der Waals surface area contributed by atoms with Crippen LogP contribution in [-0.4, -0.2) is 25.7 Å². The van der Waals surface area contributed by atoms with Gasteiger partial charge in [0, 0.05) is 30.4 Å². The van der Waals surface area contributed by atoms with Crippen molar-refractivity contribution in [1.29, 1.82) is 0 Å². The maximum atomic E-state index is 11.8. The standard InChI is InChI=1S/C15H12O2.2C10H8N2.F6P.Ru/c16-14-9-5-4-8-13(14)15(17)11-10-12-6-2-1-3-7-12;2*1-3-7-11-9(5-1)10-6-2-4-8-12-10;1-7(2,3,4,5)6;/h1-11,16H;2*1-8H;;/q;;;-1;+2/p-1/b11-10+;;;;. The molecule has 4 heterocycles. The van der Waals surface area contributed by atoms with Crippen LogP contribution in [0.2, 0.25) is 0 Å². The summed E-state index contributed by atoms with van der Waals surface area (Å²) < 4.78 is 59.2. The maximum Gasteiger partial charge on any atom is 2.00 e. The fourth-order valence-electron chi connectivity index (χ4n) is 3.55. The molecule has 0 aliphatic heterocycles. The summed E-state index contributed by atoms with van der Waals surface area (Å²) in [6.45, 7) is 0. The Balaban J connectivity index is 0.000000235. The van der Waals surface area contributed by atoms with E-state index < -0.39 is 7.81 Å². The van der Waals surface area contributed by atoms with Gasteiger partial charge >= 0.3 is 52.5 Å². The zero-order chi connectivity index (χ0) is 34.9. The van der Waals surface area contributed by atoms with Crippen LogP contribution < -0.4 is 5.11 Å².